The highest BCUT2D eigenvalue weighted by Crippen LogP contribution is 2.32. The van der Waals surface area contributed by atoms with Crippen molar-refractivity contribution < 1.29 is 13.2 Å². The average Bonchev–Trinajstić information content (AvgIpc) is 3.10. The number of hydrogen-bond donors (Lipinski definition) is 1. The van der Waals surface area contributed by atoms with Gasteiger partial charge in [0.25, 0.3) is 0 Å². The van der Waals surface area contributed by atoms with Crippen molar-refractivity contribution in [3.8, 4) is 0 Å². The quantitative estimate of drug-likeness (QED) is 0.893. The number of ether oxygens (including phenoxy) is 1. The number of nitrogens with one attached hydrogen (secondary N) is 1. The molecule has 3 rings (SSSR count). The van der Waals surface area contributed by atoms with Crippen LogP contribution in [-0.4, -0.2) is 27.2 Å². The van der Waals surface area contributed by atoms with E-state index >= 15 is 0 Å². The molecule has 1 N–H and O–H groups in total. The Hall–Kier alpha value is -0.910. The lowest BCUT2D eigenvalue weighted by atomic mass is 9.84. The van der Waals surface area contributed by atoms with E-state index in [4.69, 9.17) is 4.74 Å². The van der Waals surface area contributed by atoms with E-state index in [0.29, 0.717) is 10.8 Å². The Balaban J connectivity index is 1.67. The first-order valence-electron chi connectivity index (χ1n) is 8.80. The summed E-state index contributed by atoms with van der Waals surface area (Å²) in [6, 6.07) is 7.27. The third kappa shape index (κ3) is 4.14. The molecule has 1 aromatic carbocycles. The third-order valence-electron chi connectivity index (χ3n) is 5.13. The van der Waals surface area contributed by atoms with Crippen molar-refractivity contribution in [2.24, 2.45) is 0 Å². The second kappa shape index (κ2) is 7.32. The van der Waals surface area contributed by atoms with Gasteiger partial charge in [0.05, 0.1) is 11.0 Å². The van der Waals surface area contributed by atoms with Crippen LogP contribution in [0.4, 0.5) is 0 Å². The maximum absolute atomic E-state index is 12.5. The first-order chi connectivity index (χ1) is 11.1. The molecular formula is C18H27NO3S. The molecule has 1 saturated heterocycles. The largest absolute Gasteiger partial charge is 0.377 e. The smallest absolute Gasteiger partial charge is 0.240 e. The Bertz CT molecular complexity index is 600. The Labute approximate surface area is 139 Å². The lowest BCUT2D eigenvalue weighted by Gasteiger charge is -2.22. The molecule has 4 nitrogen and oxygen atoms in total. The summed E-state index contributed by atoms with van der Waals surface area (Å²) >= 11 is 0. The van der Waals surface area contributed by atoms with Gasteiger partial charge in [-0.3, -0.25) is 0 Å². The normalized spacial score (nSPS) is 24.7. The summed E-state index contributed by atoms with van der Waals surface area (Å²) in [5.41, 5.74) is 1.27. The van der Waals surface area contributed by atoms with Gasteiger partial charge in [-0.25, -0.2) is 13.1 Å². The van der Waals surface area contributed by atoms with E-state index in [2.05, 4.69) is 4.72 Å². The van der Waals surface area contributed by atoms with E-state index in [1.54, 1.807) is 12.1 Å². The molecule has 1 aromatic rings. The fourth-order valence-electron chi connectivity index (χ4n) is 3.74. The molecule has 0 amide bonds. The molecule has 23 heavy (non-hydrogen) atoms. The molecule has 0 unspecified atom stereocenters. The van der Waals surface area contributed by atoms with Crippen molar-refractivity contribution in [1.82, 2.24) is 4.72 Å². The minimum atomic E-state index is -3.47. The first kappa shape index (κ1) is 16.9. The van der Waals surface area contributed by atoms with Crippen LogP contribution in [0.15, 0.2) is 29.2 Å². The van der Waals surface area contributed by atoms with Gasteiger partial charge < -0.3 is 4.74 Å². The summed E-state index contributed by atoms with van der Waals surface area (Å²) < 4.78 is 33.4. The third-order valence-corrected chi connectivity index (χ3v) is 6.71. The summed E-state index contributed by atoms with van der Waals surface area (Å²) in [7, 11) is -3.47. The molecular weight excluding hydrogens is 310 g/mol. The minimum Gasteiger partial charge on any atom is -0.377 e. The average molecular weight is 337 g/mol. The second-order valence-corrected chi connectivity index (χ2v) is 8.58. The lowest BCUT2D eigenvalue weighted by molar-refractivity contribution is 0.0902. The highest BCUT2D eigenvalue weighted by atomic mass is 32.2. The van der Waals surface area contributed by atoms with E-state index < -0.39 is 10.0 Å². The van der Waals surface area contributed by atoms with Crippen molar-refractivity contribution in [3.63, 3.8) is 0 Å². The van der Waals surface area contributed by atoms with Gasteiger partial charge in [0.15, 0.2) is 0 Å². The summed E-state index contributed by atoms with van der Waals surface area (Å²) in [6.07, 6.45) is 8.26. The van der Waals surface area contributed by atoms with Crippen LogP contribution in [-0.2, 0) is 14.8 Å². The standard InChI is InChI=1S/C18H27NO3S/c1-14(18-8-5-13-22-18)19-23(20,21)17-11-9-16(10-12-17)15-6-3-2-4-7-15/h9-12,14-15,18-19H,2-8,13H2,1H3/t14-,18+/m0/s1. The van der Waals surface area contributed by atoms with Gasteiger partial charge in [-0.05, 0) is 56.2 Å². The van der Waals surface area contributed by atoms with Crippen molar-refractivity contribution in [2.45, 2.75) is 74.8 Å². The van der Waals surface area contributed by atoms with Crippen molar-refractivity contribution in [2.75, 3.05) is 6.61 Å². The molecule has 128 valence electrons. The number of benzene rings is 1. The summed E-state index contributed by atoms with van der Waals surface area (Å²) in [5.74, 6) is 0.597. The van der Waals surface area contributed by atoms with Crippen LogP contribution in [0.3, 0.4) is 0 Å². The van der Waals surface area contributed by atoms with Gasteiger partial charge >= 0.3 is 0 Å². The molecule has 1 aliphatic carbocycles. The van der Waals surface area contributed by atoms with E-state index in [1.165, 1.54) is 37.7 Å². The summed E-state index contributed by atoms with van der Waals surface area (Å²) in [5, 5.41) is 0. The SMILES string of the molecule is C[C@H](NS(=O)(=O)c1ccc(C2CCCCC2)cc1)[C@H]1CCCO1. The predicted octanol–water partition coefficient (Wildman–Crippen LogP) is 3.58. The molecule has 0 aromatic heterocycles. The van der Waals surface area contributed by atoms with Gasteiger partial charge in [-0.1, -0.05) is 31.4 Å². The molecule has 0 bridgehead atoms. The molecule has 1 heterocycles. The van der Waals surface area contributed by atoms with Crippen molar-refractivity contribution >= 4 is 10.0 Å². The van der Waals surface area contributed by atoms with Gasteiger partial charge in [0.1, 0.15) is 0 Å². The van der Waals surface area contributed by atoms with Gasteiger partial charge in [0.2, 0.25) is 10.0 Å². The zero-order chi connectivity index (χ0) is 16.3. The van der Waals surface area contributed by atoms with E-state index in [-0.39, 0.29) is 12.1 Å². The molecule has 5 heteroatoms. The molecule has 1 aliphatic heterocycles. The Morgan fingerprint density at radius 3 is 2.35 bits per heavy atom. The highest BCUT2D eigenvalue weighted by molar-refractivity contribution is 7.89. The molecule has 0 spiro atoms. The zero-order valence-corrected chi connectivity index (χ0v) is 14.6. The number of rotatable bonds is 5. The molecule has 2 atom stereocenters. The molecule has 2 aliphatic rings. The van der Waals surface area contributed by atoms with Crippen LogP contribution in [0.5, 0.6) is 0 Å². The van der Waals surface area contributed by atoms with Gasteiger partial charge in [-0.2, -0.15) is 0 Å². The fourth-order valence-corrected chi connectivity index (χ4v) is 5.01. The molecule has 0 radical (unpaired) electrons. The van der Waals surface area contributed by atoms with Crippen LogP contribution >= 0.6 is 0 Å². The highest BCUT2D eigenvalue weighted by Gasteiger charge is 2.27. The van der Waals surface area contributed by atoms with E-state index in [9.17, 15) is 8.42 Å². The number of hydrogen-bond acceptors (Lipinski definition) is 3. The summed E-state index contributed by atoms with van der Waals surface area (Å²) in [6.45, 7) is 2.61. The topological polar surface area (TPSA) is 55.4 Å². The monoisotopic (exact) mass is 337 g/mol. The summed E-state index contributed by atoms with van der Waals surface area (Å²) in [4.78, 5) is 0.349. The lowest BCUT2D eigenvalue weighted by Crippen LogP contribution is -2.40. The van der Waals surface area contributed by atoms with Crippen LogP contribution in [0.25, 0.3) is 0 Å². The molecule has 2 fully saturated rings. The van der Waals surface area contributed by atoms with Crippen LogP contribution in [0.1, 0.15) is 63.4 Å². The minimum absolute atomic E-state index is 0.00807. The van der Waals surface area contributed by atoms with E-state index in [0.717, 1.165) is 19.4 Å². The van der Waals surface area contributed by atoms with Crippen molar-refractivity contribution in [1.29, 1.82) is 0 Å². The molecule has 1 saturated carbocycles. The van der Waals surface area contributed by atoms with Crippen LogP contribution in [0, 0.1) is 0 Å². The predicted molar refractivity (Wildman–Crippen MR) is 91.0 cm³/mol. The van der Waals surface area contributed by atoms with Crippen LogP contribution < -0.4 is 4.72 Å². The number of sulfonamides is 1. The zero-order valence-electron chi connectivity index (χ0n) is 13.8. The maximum atomic E-state index is 12.5. The Morgan fingerprint density at radius 1 is 1.04 bits per heavy atom. The maximum Gasteiger partial charge on any atom is 0.240 e. The van der Waals surface area contributed by atoms with E-state index in [1.807, 2.05) is 19.1 Å². The Morgan fingerprint density at radius 2 is 1.74 bits per heavy atom. The fraction of sp³-hybridized carbons (Fsp3) is 0.667. The first-order valence-corrected chi connectivity index (χ1v) is 10.3. The Kier molecular flexibility index (Phi) is 5.39. The van der Waals surface area contributed by atoms with Crippen LogP contribution in [0.2, 0.25) is 0 Å². The second-order valence-electron chi connectivity index (χ2n) is 6.87. The van der Waals surface area contributed by atoms with Gasteiger partial charge in [0, 0.05) is 12.6 Å². The van der Waals surface area contributed by atoms with Crippen molar-refractivity contribution in [3.05, 3.63) is 29.8 Å². The van der Waals surface area contributed by atoms with Gasteiger partial charge in [-0.15, -0.1) is 0 Å².